The van der Waals surface area contributed by atoms with Crippen LogP contribution in [0.1, 0.15) is 25.3 Å². The van der Waals surface area contributed by atoms with E-state index >= 15 is 0 Å². The van der Waals surface area contributed by atoms with Crippen molar-refractivity contribution in [2.45, 2.75) is 55.9 Å². The molecule has 13 heteroatoms. The van der Waals surface area contributed by atoms with E-state index in [1.54, 1.807) is 6.92 Å². The van der Waals surface area contributed by atoms with Crippen molar-refractivity contribution in [2.24, 2.45) is 5.92 Å². The topological polar surface area (TPSA) is 147 Å². The van der Waals surface area contributed by atoms with Gasteiger partial charge in [0, 0.05) is 6.42 Å². The summed E-state index contributed by atoms with van der Waals surface area (Å²) in [5.41, 5.74) is -3.94. The van der Waals surface area contributed by atoms with Gasteiger partial charge in [0.05, 0.1) is 53.6 Å². The van der Waals surface area contributed by atoms with Crippen molar-refractivity contribution >= 4 is 29.8 Å². The highest BCUT2D eigenvalue weighted by molar-refractivity contribution is 6.02. The molecule has 3 heterocycles. The van der Waals surface area contributed by atoms with E-state index in [0.29, 0.717) is 0 Å². The van der Waals surface area contributed by atoms with Gasteiger partial charge in [0.1, 0.15) is 12.0 Å². The van der Waals surface area contributed by atoms with Gasteiger partial charge in [-0.05, 0) is 12.5 Å². The molecule has 1 amide bonds. The number of esters is 4. The normalized spacial score (nSPS) is 33.3. The summed E-state index contributed by atoms with van der Waals surface area (Å²) < 4.78 is 32.4. The summed E-state index contributed by atoms with van der Waals surface area (Å²) in [5.74, 6) is -6.74. The molecule has 1 aromatic carbocycles. The number of rotatable bonds is 8. The first-order valence-corrected chi connectivity index (χ1v) is 11.9. The molecule has 206 valence electrons. The molecular formula is C25H30N2O11. The number of hydrogen-bond acceptors (Lipinski definition) is 12. The molecule has 0 radical (unpaired) electrons. The summed E-state index contributed by atoms with van der Waals surface area (Å²) in [7, 11) is 4.26. The lowest BCUT2D eigenvalue weighted by molar-refractivity contribution is -0.233. The van der Waals surface area contributed by atoms with Gasteiger partial charge in [0.2, 0.25) is 5.91 Å². The van der Waals surface area contributed by atoms with Crippen LogP contribution in [0.2, 0.25) is 0 Å². The molecule has 13 nitrogen and oxygen atoms in total. The van der Waals surface area contributed by atoms with E-state index in [-0.39, 0.29) is 13.0 Å². The Kier molecular flexibility index (Phi) is 7.46. The van der Waals surface area contributed by atoms with Gasteiger partial charge in [-0.3, -0.25) is 14.4 Å². The van der Waals surface area contributed by atoms with Crippen LogP contribution in [0, 0.1) is 5.92 Å². The fraction of sp³-hybridized carbons (Fsp3) is 0.560. The fourth-order valence-electron chi connectivity index (χ4n) is 5.87. The van der Waals surface area contributed by atoms with Gasteiger partial charge in [-0.25, -0.2) is 14.6 Å². The smallest absolute Gasteiger partial charge is 0.362 e. The zero-order valence-corrected chi connectivity index (χ0v) is 21.7. The Bertz CT molecular complexity index is 1130. The maximum atomic E-state index is 13.7. The van der Waals surface area contributed by atoms with E-state index in [1.807, 2.05) is 30.3 Å². The van der Waals surface area contributed by atoms with Gasteiger partial charge in [0.25, 0.3) is 5.72 Å². The molecule has 3 fully saturated rings. The Morgan fingerprint density at radius 2 is 1.63 bits per heavy atom. The molecule has 1 unspecified atom stereocenters. The van der Waals surface area contributed by atoms with Crippen LogP contribution in [0.25, 0.3) is 0 Å². The summed E-state index contributed by atoms with van der Waals surface area (Å²) in [4.78, 5) is 66.9. The SMILES string of the molecule is COC(=O)C[C@]1(C(=O)OC)[C@@H](C(=O)OC)[C@]2(C(=O)OC)O[C@@H](C)[C@H](OCc3ccccc3)[C@H]3CC(=O)N2N31. The highest BCUT2D eigenvalue weighted by atomic mass is 16.6. The van der Waals surface area contributed by atoms with E-state index in [2.05, 4.69) is 0 Å². The molecule has 3 saturated heterocycles. The third-order valence-electron chi connectivity index (χ3n) is 7.33. The van der Waals surface area contributed by atoms with Crippen molar-refractivity contribution in [1.82, 2.24) is 10.0 Å². The van der Waals surface area contributed by atoms with Crippen LogP contribution in [-0.2, 0) is 59.0 Å². The van der Waals surface area contributed by atoms with Crippen molar-refractivity contribution in [3.05, 3.63) is 35.9 Å². The van der Waals surface area contributed by atoms with Crippen LogP contribution in [0.5, 0.6) is 0 Å². The first kappa shape index (κ1) is 27.5. The maximum absolute atomic E-state index is 13.7. The quantitative estimate of drug-likeness (QED) is 0.325. The van der Waals surface area contributed by atoms with Crippen LogP contribution >= 0.6 is 0 Å². The number of nitrogens with zero attached hydrogens (tertiary/aromatic N) is 2. The molecule has 7 atom stereocenters. The van der Waals surface area contributed by atoms with Crippen LogP contribution < -0.4 is 0 Å². The van der Waals surface area contributed by atoms with Crippen molar-refractivity contribution in [3.63, 3.8) is 0 Å². The van der Waals surface area contributed by atoms with E-state index < -0.39 is 71.6 Å². The third kappa shape index (κ3) is 3.84. The summed E-state index contributed by atoms with van der Waals surface area (Å²) in [5, 5.41) is 2.11. The number of ether oxygens (including phenoxy) is 6. The fourth-order valence-corrected chi connectivity index (χ4v) is 5.87. The molecule has 0 aromatic heterocycles. The molecule has 4 rings (SSSR count). The number of carbonyl (C=O) groups is 5. The van der Waals surface area contributed by atoms with Crippen molar-refractivity contribution < 1.29 is 52.4 Å². The molecule has 4 bridgehead atoms. The average molecular weight is 535 g/mol. The predicted octanol–water partition coefficient (Wildman–Crippen LogP) is -0.0446. The molecular weight excluding hydrogens is 504 g/mol. The Morgan fingerprint density at radius 3 is 2.21 bits per heavy atom. The van der Waals surface area contributed by atoms with Crippen molar-refractivity contribution in [2.75, 3.05) is 28.4 Å². The zero-order chi connectivity index (χ0) is 27.8. The van der Waals surface area contributed by atoms with Crippen LogP contribution in [0.15, 0.2) is 30.3 Å². The van der Waals surface area contributed by atoms with E-state index in [9.17, 15) is 24.0 Å². The highest BCUT2D eigenvalue weighted by Crippen LogP contribution is 2.58. The minimum Gasteiger partial charge on any atom is -0.469 e. The minimum absolute atomic E-state index is 0.117. The third-order valence-corrected chi connectivity index (χ3v) is 7.33. The van der Waals surface area contributed by atoms with Crippen LogP contribution in [-0.4, -0.2) is 97.8 Å². The van der Waals surface area contributed by atoms with E-state index in [0.717, 1.165) is 39.0 Å². The Hall–Kier alpha value is -3.55. The van der Waals surface area contributed by atoms with Crippen molar-refractivity contribution in [1.29, 1.82) is 0 Å². The van der Waals surface area contributed by atoms with Gasteiger partial charge in [0.15, 0.2) is 5.54 Å². The number of methoxy groups -OCH3 is 4. The number of amides is 1. The molecule has 1 aromatic rings. The largest absolute Gasteiger partial charge is 0.469 e. The minimum atomic E-state index is -2.50. The number of hydrogen-bond donors (Lipinski definition) is 0. The van der Waals surface area contributed by atoms with E-state index in [4.69, 9.17) is 28.4 Å². The van der Waals surface area contributed by atoms with Gasteiger partial charge < -0.3 is 28.4 Å². The van der Waals surface area contributed by atoms with E-state index in [1.165, 1.54) is 5.01 Å². The molecule has 3 aliphatic heterocycles. The zero-order valence-electron chi connectivity index (χ0n) is 21.7. The lowest BCUT2D eigenvalue weighted by Crippen LogP contribution is -2.67. The Balaban J connectivity index is 1.96. The predicted molar refractivity (Wildman–Crippen MR) is 124 cm³/mol. The standard InChI is InChI=1S/C25H30N2O11/c1-14-19(37-13-15-9-7-6-8-10-15)16-11-17(28)27-25(38-14,23(32)36-5)20(21(30)34-3)24(26(16)27,22(31)35-4)12-18(29)33-2/h6-10,14,16,19-20H,11-13H2,1-5H3/t14-,16+,19-,20+,24+,25+/m0/s1. The first-order valence-electron chi connectivity index (χ1n) is 11.9. The molecule has 38 heavy (non-hydrogen) atoms. The number of hydrazine groups is 1. The molecule has 3 aliphatic rings. The summed E-state index contributed by atoms with van der Waals surface area (Å²) >= 11 is 0. The Morgan fingerprint density at radius 1 is 0.974 bits per heavy atom. The maximum Gasteiger partial charge on any atom is 0.362 e. The van der Waals surface area contributed by atoms with Gasteiger partial charge in [-0.2, -0.15) is 5.01 Å². The molecule has 0 N–H and O–H groups in total. The van der Waals surface area contributed by atoms with Gasteiger partial charge in [-0.1, -0.05) is 30.3 Å². The monoisotopic (exact) mass is 534 g/mol. The molecule has 0 aliphatic carbocycles. The molecule has 0 spiro atoms. The van der Waals surface area contributed by atoms with Crippen LogP contribution in [0.4, 0.5) is 0 Å². The lowest BCUT2D eigenvalue weighted by atomic mass is 9.73. The summed E-state index contributed by atoms with van der Waals surface area (Å²) in [6.07, 6.45) is -2.75. The Labute approximate surface area is 218 Å². The summed E-state index contributed by atoms with van der Waals surface area (Å²) in [6.45, 7) is 1.74. The van der Waals surface area contributed by atoms with Crippen molar-refractivity contribution in [3.8, 4) is 0 Å². The second-order valence-corrected chi connectivity index (χ2v) is 9.22. The second-order valence-electron chi connectivity index (χ2n) is 9.22. The second kappa shape index (κ2) is 10.3. The highest BCUT2D eigenvalue weighted by Gasteiger charge is 2.83. The first-order chi connectivity index (χ1) is 18.1. The van der Waals surface area contributed by atoms with Gasteiger partial charge in [-0.15, -0.1) is 0 Å². The number of benzene rings is 1. The average Bonchev–Trinajstić information content (AvgIpc) is 3.36. The molecule has 0 saturated carbocycles. The van der Waals surface area contributed by atoms with Crippen LogP contribution in [0.3, 0.4) is 0 Å². The lowest BCUT2D eigenvalue weighted by Gasteiger charge is -2.44. The number of carbonyl (C=O) groups excluding carboxylic acids is 5. The summed E-state index contributed by atoms with van der Waals surface area (Å²) in [6, 6.07) is 8.28. The van der Waals surface area contributed by atoms with Gasteiger partial charge >= 0.3 is 23.9 Å².